The summed E-state index contributed by atoms with van der Waals surface area (Å²) in [6.45, 7) is 2.03. The third-order valence-electron chi connectivity index (χ3n) is 3.76. The van der Waals surface area contributed by atoms with Crippen LogP contribution in [0.1, 0.15) is 18.4 Å². The number of carbonyl (C=O) groups is 1. The molecule has 1 aromatic carbocycles. The summed E-state index contributed by atoms with van der Waals surface area (Å²) in [4.78, 5) is 13.9. The van der Waals surface area contributed by atoms with Crippen LogP contribution < -0.4 is 10.5 Å². The standard InChI is InChI=1S/C15H19F3N2O2/c16-15(17,18)22-13-4-1-11(2-5-13)3-6-14(21)20-8-7-12(9-19)10-20/h1-2,4-5,12H,3,6-10,19H2. The lowest BCUT2D eigenvalue weighted by molar-refractivity contribution is -0.274. The smallest absolute Gasteiger partial charge is 0.406 e. The van der Waals surface area contributed by atoms with Gasteiger partial charge < -0.3 is 15.4 Å². The first-order valence-electron chi connectivity index (χ1n) is 7.20. The summed E-state index contributed by atoms with van der Waals surface area (Å²) in [6, 6.07) is 5.60. The molecular weight excluding hydrogens is 297 g/mol. The second-order valence-electron chi connectivity index (χ2n) is 5.42. The SMILES string of the molecule is NCC1CCN(C(=O)CCc2ccc(OC(F)(F)F)cc2)C1. The molecule has 7 heteroatoms. The number of ether oxygens (including phenoxy) is 1. The topological polar surface area (TPSA) is 55.6 Å². The second-order valence-corrected chi connectivity index (χ2v) is 5.42. The molecule has 1 saturated heterocycles. The van der Waals surface area contributed by atoms with E-state index in [0.717, 1.165) is 18.5 Å². The number of hydrogen-bond acceptors (Lipinski definition) is 3. The number of alkyl halides is 3. The van der Waals surface area contributed by atoms with Gasteiger partial charge in [0.05, 0.1) is 0 Å². The van der Waals surface area contributed by atoms with Gasteiger partial charge in [0.25, 0.3) is 0 Å². The lowest BCUT2D eigenvalue weighted by atomic mass is 10.1. The number of halogens is 3. The molecule has 1 unspecified atom stereocenters. The summed E-state index contributed by atoms with van der Waals surface area (Å²) in [5, 5.41) is 0. The van der Waals surface area contributed by atoms with Gasteiger partial charge in [-0.2, -0.15) is 0 Å². The van der Waals surface area contributed by atoms with Crippen molar-refractivity contribution < 1.29 is 22.7 Å². The third-order valence-corrected chi connectivity index (χ3v) is 3.76. The van der Waals surface area contributed by atoms with Gasteiger partial charge in [0.1, 0.15) is 5.75 Å². The highest BCUT2D eigenvalue weighted by Gasteiger charge is 2.31. The number of nitrogens with zero attached hydrogens (tertiary/aromatic N) is 1. The van der Waals surface area contributed by atoms with Crippen molar-refractivity contribution in [1.82, 2.24) is 4.90 Å². The van der Waals surface area contributed by atoms with E-state index in [0.29, 0.717) is 31.8 Å². The Balaban J connectivity index is 1.80. The van der Waals surface area contributed by atoms with E-state index in [9.17, 15) is 18.0 Å². The summed E-state index contributed by atoms with van der Waals surface area (Å²) in [6.07, 6.45) is -2.91. The minimum absolute atomic E-state index is 0.0616. The number of carbonyl (C=O) groups excluding carboxylic acids is 1. The lowest BCUT2D eigenvalue weighted by Crippen LogP contribution is -2.30. The van der Waals surface area contributed by atoms with E-state index in [1.165, 1.54) is 12.1 Å². The molecule has 1 heterocycles. The van der Waals surface area contributed by atoms with E-state index in [1.54, 1.807) is 17.0 Å². The van der Waals surface area contributed by atoms with Crippen molar-refractivity contribution in [3.05, 3.63) is 29.8 Å². The summed E-state index contributed by atoms with van der Waals surface area (Å²) in [7, 11) is 0. The van der Waals surface area contributed by atoms with E-state index in [1.807, 2.05) is 0 Å². The predicted octanol–water partition coefficient (Wildman–Crippen LogP) is 2.33. The molecule has 122 valence electrons. The van der Waals surface area contributed by atoms with Crippen LogP contribution in [0.4, 0.5) is 13.2 Å². The Morgan fingerprint density at radius 1 is 1.32 bits per heavy atom. The van der Waals surface area contributed by atoms with Crippen molar-refractivity contribution in [2.24, 2.45) is 11.7 Å². The number of hydrogen-bond donors (Lipinski definition) is 1. The average Bonchev–Trinajstić information content (AvgIpc) is 2.93. The monoisotopic (exact) mass is 316 g/mol. The predicted molar refractivity (Wildman–Crippen MR) is 75.2 cm³/mol. The van der Waals surface area contributed by atoms with Gasteiger partial charge in [0, 0.05) is 19.5 Å². The van der Waals surface area contributed by atoms with Crippen LogP contribution in [0.5, 0.6) is 5.75 Å². The van der Waals surface area contributed by atoms with Gasteiger partial charge in [0.15, 0.2) is 0 Å². The molecule has 1 atom stereocenters. The molecule has 0 aromatic heterocycles. The third kappa shape index (κ3) is 4.91. The molecule has 22 heavy (non-hydrogen) atoms. The van der Waals surface area contributed by atoms with E-state index in [2.05, 4.69) is 4.74 Å². The van der Waals surface area contributed by atoms with Gasteiger partial charge >= 0.3 is 6.36 Å². The molecule has 1 aromatic rings. The van der Waals surface area contributed by atoms with Crippen LogP contribution in [0.15, 0.2) is 24.3 Å². The van der Waals surface area contributed by atoms with Crippen molar-refractivity contribution in [3.63, 3.8) is 0 Å². The lowest BCUT2D eigenvalue weighted by Gasteiger charge is -2.16. The molecule has 0 saturated carbocycles. The van der Waals surface area contributed by atoms with Crippen LogP contribution in [0.25, 0.3) is 0 Å². The van der Waals surface area contributed by atoms with E-state index >= 15 is 0 Å². The molecule has 4 nitrogen and oxygen atoms in total. The van der Waals surface area contributed by atoms with Gasteiger partial charge in [0.2, 0.25) is 5.91 Å². The Hall–Kier alpha value is -1.76. The average molecular weight is 316 g/mol. The molecule has 1 aliphatic heterocycles. The largest absolute Gasteiger partial charge is 0.573 e. The van der Waals surface area contributed by atoms with Crippen molar-refractivity contribution in [1.29, 1.82) is 0 Å². The van der Waals surface area contributed by atoms with Crippen LogP contribution in [-0.2, 0) is 11.2 Å². The second kappa shape index (κ2) is 7.00. The fraction of sp³-hybridized carbons (Fsp3) is 0.533. The minimum atomic E-state index is -4.69. The maximum absolute atomic E-state index is 12.0. The Labute approximate surface area is 127 Å². The van der Waals surface area contributed by atoms with Gasteiger partial charge in [-0.15, -0.1) is 13.2 Å². The maximum atomic E-state index is 12.0. The zero-order valence-electron chi connectivity index (χ0n) is 12.1. The molecular formula is C15H19F3N2O2. The van der Waals surface area contributed by atoms with Crippen LogP contribution in [0.2, 0.25) is 0 Å². The zero-order valence-corrected chi connectivity index (χ0v) is 12.1. The molecule has 2 rings (SSSR count). The quantitative estimate of drug-likeness (QED) is 0.907. The Kier molecular flexibility index (Phi) is 5.28. The van der Waals surface area contributed by atoms with E-state index < -0.39 is 6.36 Å². The van der Waals surface area contributed by atoms with E-state index in [4.69, 9.17) is 5.73 Å². The number of nitrogens with two attached hydrogens (primary N) is 1. The summed E-state index contributed by atoms with van der Waals surface area (Å²) in [5.41, 5.74) is 6.39. The van der Waals surface area contributed by atoms with Gasteiger partial charge in [-0.05, 0) is 43.0 Å². The normalized spacial score (nSPS) is 18.5. The van der Waals surface area contributed by atoms with Crippen molar-refractivity contribution in [2.75, 3.05) is 19.6 Å². The highest BCUT2D eigenvalue weighted by atomic mass is 19.4. The summed E-state index contributed by atoms with van der Waals surface area (Å²) < 4.78 is 39.9. The molecule has 0 radical (unpaired) electrons. The molecule has 2 N–H and O–H groups in total. The number of amides is 1. The highest BCUT2D eigenvalue weighted by molar-refractivity contribution is 5.76. The van der Waals surface area contributed by atoms with Crippen molar-refractivity contribution in [3.8, 4) is 5.75 Å². The van der Waals surface area contributed by atoms with Crippen LogP contribution in [-0.4, -0.2) is 36.8 Å². The van der Waals surface area contributed by atoms with Crippen molar-refractivity contribution >= 4 is 5.91 Å². The summed E-state index contributed by atoms with van der Waals surface area (Å²) >= 11 is 0. The minimum Gasteiger partial charge on any atom is -0.406 e. The molecule has 0 aliphatic carbocycles. The van der Waals surface area contributed by atoms with E-state index in [-0.39, 0.29) is 11.7 Å². The number of aryl methyl sites for hydroxylation is 1. The molecule has 1 fully saturated rings. The van der Waals surface area contributed by atoms with Gasteiger partial charge in [-0.25, -0.2) is 0 Å². The number of rotatable bonds is 5. The van der Waals surface area contributed by atoms with Crippen molar-refractivity contribution in [2.45, 2.75) is 25.6 Å². The molecule has 1 amide bonds. The van der Waals surface area contributed by atoms with Crippen LogP contribution >= 0.6 is 0 Å². The fourth-order valence-electron chi connectivity index (χ4n) is 2.52. The Morgan fingerprint density at radius 3 is 2.55 bits per heavy atom. The number of benzene rings is 1. The Bertz CT molecular complexity index is 503. The molecule has 0 spiro atoms. The first-order valence-corrected chi connectivity index (χ1v) is 7.20. The Morgan fingerprint density at radius 2 is 2.00 bits per heavy atom. The van der Waals surface area contributed by atoms with Gasteiger partial charge in [-0.3, -0.25) is 4.79 Å². The van der Waals surface area contributed by atoms with Gasteiger partial charge in [-0.1, -0.05) is 12.1 Å². The zero-order chi connectivity index (χ0) is 16.2. The maximum Gasteiger partial charge on any atom is 0.573 e. The summed E-state index contributed by atoms with van der Waals surface area (Å²) in [5.74, 6) is 0.183. The highest BCUT2D eigenvalue weighted by Crippen LogP contribution is 2.23. The first-order chi connectivity index (χ1) is 10.4. The van der Waals surface area contributed by atoms with Crippen LogP contribution in [0.3, 0.4) is 0 Å². The number of likely N-dealkylation sites (tertiary alicyclic amines) is 1. The molecule has 1 aliphatic rings. The molecule has 0 bridgehead atoms. The fourth-order valence-corrected chi connectivity index (χ4v) is 2.52. The van der Waals surface area contributed by atoms with Crippen LogP contribution in [0, 0.1) is 5.92 Å². The first kappa shape index (κ1) is 16.6.